The van der Waals surface area contributed by atoms with Gasteiger partial charge in [0.05, 0.1) is 24.9 Å². The van der Waals surface area contributed by atoms with Crippen molar-refractivity contribution in [2.24, 2.45) is 0 Å². The van der Waals surface area contributed by atoms with Gasteiger partial charge in [0.1, 0.15) is 5.69 Å². The normalized spacial score (nSPS) is 22.1. The fourth-order valence-corrected chi connectivity index (χ4v) is 2.21. The van der Waals surface area contributed by atoms with Crippen LogP contribution >= 0.6 is 0 Å². The van der Waals surface area contributed by atoms with Crippen molar-refractivity contribution in [2.45, 2.75) is 19.0 Å². The number of hydrogen-bond donors (Lipinski definition) is 1. The third-order valence-electron chi connectivity index (χ3n) is 3.24. The zero-order chi connectivity index (χ0) is 10.3. The number of aromatic amines is 1. The van der Waals surface area contributed by atoms with Gasteiger partial charge in [-0.2, -0.15) is 5.10 Å². The molecule has 0 aromatic carbocycles. The molecule has 0 radical (unpaired) electrons. The average Bonchev–Trinajstić information content (AvgIpc) is 2.57. The fourth-order valence-electron chi connectivity index (χ4n) is 2.21. The standard InChI is InChI=1S/C10H13N3O2/c14-4-10-8-1-2-13(7-5-15-6-7)3-9(8)11-12-10/h4,7H,1-3,5-6H2,(H,11,12). The van der Waals surface area contributed by atoms with Gasteiger partial charge >= 0.3 is 0 Å². The molecule has 1 fully saturated rings. The summed E-state index contributed by atoms with van der Waals surface area (Å²) >= 11 is 0. The molecule has 5 nitrogen and oxygen atoms in total. The summed E-state index contributed by atoms with van der Waals surface area (Å²) in [5.41, 5.74) is 2.77. The summed E-state index contributed by atoms with van der Waals surface area (Å²) in [5, 5.41) is 6.95. The van der Waals surface area contributed by atoms with Crippen molar-refractivity contribution >= 4 is 6.29 Å². The summed E-state index contributed by atoms with van der Waals surface area (Å²) in [7, 11) is 0. The van der Waals surface area contributed by atoms with E-state index in [-0.39, 0.29) is 0 Å². The smallest absolute Gasteiger partial charge is 0.170 e. The summed E-state index contributed by atoms with van der Waals surface area (Å²) in [6, 6.07) is 0.557. The lowest BCUT2D eigenvalue weighted by Crippen LogP contribution is -2.50. The maximum atomic E-state index is 10.7. The zero-order valence-electron chi connectivity index (χ0n) is 8.40. The van der Waals surface area contributed by atoms with Crippen molar-refractivity contribution in [3.05, 3.63) is 17.0 Å². The number of carbonyl (C=O) groups is 1. The summed E-state index contributed by atoms with van der Waals surface area (Å²) in [4.78, 5) is 13.1. The number of nitrogens with zero attached hydrogens (tertiary/aromatic N) is 2. The average molecular weight is 207 g/mol. The Labute approximate surface area is 87.4 Å². The van der Waals surface area contributed by atoms with Gasteiger partial charge in [0.25, 0.3) is 0 Å². The van der Waals surface area contributed by atoms with Crippen molar-refractivity contribution in [3.8, 4) is 0 Å². The number of aldehydes is 1. The van der Waals surface area contributed by atoms with Crippen molar-refractivity contribution < 1.29 is 9.53 Å². The van der Waals surface area contributed by atoms with Gasteiger partial charge in [0, 0.05) is 18.7 Å². The van der Waals surface area contributed by atoms with Crippen LogP contribution in [0, 0.1) is 0 Å². The van der Waals surface area contributed by atoms with Gasteiger partial charge in [-0.1, -0.05) is 0 Å². The van der Waals surface area contributed by atoms with E-state index in [0.29, 0.717) is 11.7 Å². The fraction of sp³-hybridized carbons (Fsp3) is 0.600. The first-order valence-corrected chi connectivity index (χ1v) is 5.21. The Morgan fingerprint density at radius 2 is 2.40 bits per heavy atom. The monoisotopic (exact) mass is 207 g/mol. The molecule has 1 N–H and O–H groups in total. The number of H-pyrrole nitrogens is 1. The second-order valence-corrected chi connectivity index (χ2v) is 4.10. The second-order valence-electron chi connectivity index (χ2n) is 4.10. The Balaban J connectivity index is 1.80. The van der Waals surface area contributed by atoms with Crippen LogP contribution in [0.25, 0.3) is 0 Å². The SMILES string of the molecule is O=Cc1n[nH]c2c1CCN(C1COC1)C2. The molecule has 2 aliphatic heterocycles. The van der Waals surface area contributed by atoms with E-state index in [1.165, 1.54) is 0 Å². The van der Waals surface area contributed by atoms with E-state index >= 15 is 0 Å². The van der Waals surface area contributed by atoms with Crippen LogP contribution in [0.1, 0.15) is 21.7 Å². The van der Waals surface area contributed by atoms with Gasteiger partial charge in [0.15, 0.2) is 6.29 Å². The van der Waals surface area contributed by atoms with Gasteiger partial charge in [-0.3, -0.25) is 14.8 Å². The van der Waals surface area contributed by atoms with E-state index in [1.54, 1.807) is 0 Å². The summed E-state index contributed by atoms with van der Waals surface area (Å²) in [6.07, 6.45) is 1.74. The van der Waals surface area contributed by atoms with Gasteiger partial charge in [0.2, 0.25) is 0 Å². The molecule has 2 aliphatic rings. The summed E-state index contributed by atoms with van der Waals surface area (Å²) < 4.78 is 5.18. The topological polar surface area (TPSA) is 58.2 Å². The quantitative estimate of drug-likeness (QED) is 0.692. The molecule has 0 atom stereocenters. The Morgan fingerprint density at radius 1 is 1.53 bits per heavy atom. The Hall–Kier alpha value is -1.20. The largest absolute Gasteiger partial charge is 0.378 e. The zero-order valence-corrected chi connectivity index (χ0v) is 8.40. The van der Waals surface area contributed by atoms with Gasteiger partial charge in [-0.05, 0) is 6.42 Å². The Morgan fingerprint density at radius 3 is 3.07 bits per heavy atom. The predicted octanol–water partition coefficient (Wildman–Crippen LogP) is -0.0209. The Kier molecular flexibility index (Phi) is 2.07. The van der Waals surface area contributed by atoms with Crippen LogP contribution < -0.4 is 0 Å². The number of aromatic nitrogens is 2. The number of hydrogen-bond acceptors (Lipinski definition) is 4. The first-order valence-electron chi connectivity index (χ1n) is 5.21. The van der Waals surface area contributed by atoms with Crippen LogP contribution in [0.15, 0.2) is 0 Å². The highest BCUT2D eigenvalue weighted by atomic mass is 16.5. The molecule has 0 aliphatic carbocycles. The van der Waals surface area contributed by atoms with Gasteiger partial charge in [-0.25, -0.2) is 0 Å². The molecule has 15 heavy (non-hydrogen) atoms. The minimum absolute atomic E-state index is 0.557. The van der Waals surface area contributed by atoms with E-state index < -0.39 is 0 Å². The maximum absolute atomic E-state index is 10.7. The molecule has 1 aromatic heterocycles. The van der Waals surface area contributed by atoms with Crippen LogP contribution in [0.5, 0.6) is 0 Å². The lowest BCUT2D eigenvalue weighted by molar-refractivity contribution is -0.0698. The number of fused-ring (bicyclic) bond motifs is 1. The molecule has 1 saturated heterocycles. The molecule has 0 saturated carbocycles. The van der Waals surface area contributed by atoms with E-state index in [0.717, 1.165) is 50.3 Å². The highest BCUT2D eigenvalue weighted by Gasteiger charge is 2.30. The highest BCUT2D eigenvalue weighted by molar-refractivity contribution is 5.74. The predicted molar refractivity (Wildman–Crippen MR) is 52.7 cm³/mol. The van der Waals surface area contributed by atoms with E-state index in [2.05, 4.69) is 15.1 Å². The molecular formula is C10H13N3O2. The van der Waals surface area contributed by atoms with Crippen LogP contribution in [-0.4, -0.2) is 47.2 Å². The number of nitrogens with one attached hydrogen (secondary N) is 1. The van der Waals surface area contributed by atoms with E-state index in [9.17, 15) is 4.79 Å². The van der Waals surface area contributed by atoms with Crippen molar-refractivity contribution in [1.29, 1.82) is 0 Å². The van der Waals surface area contributed by atoms with Crippen LogP contribution in [0.3, 0.4) is 0 Å². The van der Waals surface area contributed by atoms with Crippen LogP contribution in [0.4, 0.5) is 0 Å². The molecule has 3 rings (SSSR count). The lowest BCUT2D eigenvalue weighted by atomic mass is 10.0. The minimum atomic E-state index is 0.557. The molecule has 5 heteroatoms. The molecular weight excluding hydrogens is 194 g/mol. The first-order chi connectivity index (χ1) is 7.38. The highest BCUT2D eigenvalue weighted by Crippen LogP contribution is 2.22. The van der Waals surface area contributed by atoms with Crippen molar-refractivity contribution in [1.82, 2.24) is 15.1 Å². The van der Waals surface area contributed by atoms with Crippen LogP contribution in [-0.2, 0) is 17.7 Å². The summed E-state index contributed by atoms with van der Waals surface area (Å²) in [5.74, 6) is 0. The Bertz CT molecular complexity index is 384. The van der Waals surface area contributed by atoms with Crippen molar-refractivity contribution in [2.75, 3.05) is 19.8 Å². The van der Waals surface area contributed by atoms with Crippen molar-refractivity contribution in [3.63, 3.8) is 0 Å². The number of carbonyl (C=O) groups excluding carboxylic acids is 1. The molecule has 0 spiro atoms. The molecule has 0 unspecified atom stereocenters. The molecule has 0 bridgehead atoms. The number of ether oxygens (including phenoxy) is 1. The third kappa shape index (κ3) is 1.39. The molecule has 80 valence electrons. The minimum Gasteiger partial charge on any atom is -0.378 e. The lowest BCUT2D eigenvalue weighted by Gasteiger charge is -2.39. The molecule has 3 heterocycles. The number of rotatable bonds is 2. The third-order valence-corrected chi connectivity index (χ3v) is 3.24. The maximum Gasteiger partial charge on any atom is 0.170 e. The summed E-state index contributed by atoms with van der Waals surface area (Å²) in [6.45, 7) is 3.54. The van der Waals surface area contributed by atoms with Gasteiger partial charge < -0.3 is 4.74 Å². The first kappa shape index (κ1) is 9.06. The van der Waals surface area contributed by atoms with Gasteiger partial charge in [-0.15, -0.1) is 0 Å². The van der Waals surface area contributed by atoms with E-state index in [1.807, 2.05) is 0 Å². The van der Waals surface area contributed by atoms with Crippen LogP contribution in [0.2, 0.25) is 0 Å². The molecule has 1 aromatic rings. The van der Waals surface area contributed by atoms with E-state index in [4.69, 9.17) is 4.74 Å². The second kappa shape index (κ2) is 3.43. The molecule has 0 amide bonds.